The van der Waals surface area contributed by atoms with Crippen LogP contribution in [0.4, 0.5) is 13.2 Å². The molecule has 2 unspecified atom stereocenters. The molecule has 1 aliphatic carbocycles. The van der Waals surface area contributed by atoms with E-state index in [0.717, 1.165) is 17.7 Å². The van der Waals surface area contributed by atoms with Gasteiger partial charge in [0, 0.05) is 19.0 Å². The van der Waals surface area contributed by atoms with Crippen LogP contribution in [0.1, 0.15) is 26.2 Å². The molecule has 0 radical (unpaired) electrons. The van der Waals surface area contributed by atoms with Crippen LogP contribution in [-0.2, 0) is 9.59 Å². The number of rotatable bonds is 4. The Morgan fingerprint density at radius 3 is 2.53 bits per heavy atom. The molecule has 1 saturated heterocycles. The molecule has 2 atom stereocenters. The highest BCUT2D eigenvalue weighted by molar-refractivity contribution is 5.89. The van der Waals surface area contributed by atoms with Crippen LogP contribution in [0.25, 0.3) is 0 Å². The van der Waals surface area contributed by atoms with Crippen molar-refractivity contribution in [3.8, 4) is 0 Å². The Hall–Kier alpha value is -1.27. The van der Waals surface area contributed by atoms with Crippen molar-refractivity contribution in [2.45, 2.75) is 38.4 Å². The number of hydrogen-bond donors (Lipinski definition) is 1. The Kier molecular flexibility index (Phi) is 3.73. The summed E-state index contributed by atoms with van der Waals surface area (Å²) < 4.78 is 37.8. The lowest BCUT2D eigenvalue weighted by atomic mass is 10.0. The van der Waals surface area contributed by atoms with E-state index in [-0.39, 0.29) is 24.8 Å². The Labute approximate surface area is 109 Å². The smallest absolute Gasteiger partial charge is 0.355 e. The minimum atomic E-state index is -4.41. The number of amides is 2. The Bertz CT molecular complexity index is 380. The van der Waals surface area contributed by atoms with E-state index in [1.54, 1.807) is 6.92 Å². The maximum absolute atomic E-state index is 12.6. The Morgan fingerprint density at radius 1 is 1.47 bits per heavy atom. The molecule has 1 heterocycles. The molecule has 1 saturated carbocycles. The first kappa shape index (κ1) is 14.1. The lowest BCUT2D eigenvalue weighted by molar-refractivity contribution is -0.168. The van der Waals surface area contributed by atoms with Crippen LogP contribution in [0, 0.1) is 11.8 Å². The zero-order valence-electron chi connectivity index (χ0n) is 10.7. The molecule has 1 N–H and O–H groups in total. The van der Waals surface area contributed by atoms with Gasteiger partial charge in [-0.2, -0.15) is 13.2 Å². The summed E-state index contributed by atoms with van der Waals surface area (Å²) in [6, 6.07) is -0.412. The lowest BCUT2D eigenvalue weighted by Crippen LogP contribution is -2.48. The molecule has 1 aliphatic heterocycles. The molecular weight excluding hydrogens is 261 g/mol. The molecule has 0 aromatic carbocycles. The first-order chi connectivity index (χ1) is 8.78. The summed E-state index contributed by atoms with van der Waals surface area (Å²) in [5.74, 6) is -1.33. The molecule has 7 heteroatoms. The van der Waals surface area contributed by atoms with Crippen molar-refractivity contribution in [3.05, 3.63) is 0 Å². The molecule has 108 valence electrons. The van der Waals surface area contributed by atoms with Crippen molar-refractivity contribution in [1.29, 1.82) is 0 Å². The average molecular weight is 278 g/mol. The van der Waals surface area contributed by atoms with Gasteiger partial charge in [-0.3, -0.25) is 9.59 Å². The van der Waals surface area contributed by atoms with Crippen LogP contribution in [0.15, 0.2) is 0 Å². The van der Waals surface area contributed by atoms with E-state index in [2.05, 4.69) is 5.32 Å². The van der Waals surface area contributed by atoms with E-state index in [1.807, 2.05) is 0 Å². The molecular formula is C12H17F3N2O2. The van der Waals surface area contributed by atoms with Gasteiger partial charge < -0.3 is 10.2 Å². The Balaban J connectivity index is 2.07. The number of carbonyl (C=O) groups is 2. The number of carbonyl (C=O) groups excluding carboxylic acids is 2. The van der Waals surface area contributed by atoms with Crippen molar-refractivity contribution in [1.82, 2.24) is 10.2 Å². The highest BCUT2D eigenvalue weighted by Gasteiger charge is 2.43. The van der Waals surface area contributed by atoms with Crippen LogP contribution in [0.2, 0.25) is 0 Å². The van der Waals surface area contributed by atoms with Crippen molar-refractivity contribution >= 4 is 11.8 Å². The summed E-state index contributed by atoms with van der Waals surface area (Å²) >= 11 is 0. The quantitative estimate of drug-likeness (QED) is 0.843. The van der Waals surface area contributed by atoms with Crippen molar-refractivity contribution in [2.24, 2.45) is 11.8 Å². The van der Waals surface area contributed by atoms with E-state index in [0.29, 0.717) is 0 Å². The summed E-state index contributed by atoms with van der Waals surface area (Å²) in [5, 5.41) is 2.48. The molecule has 19 heavy (non-hydrogen) atoms. The van der Waals surface area contributed by atoms with E-state index in [1.165, 1.54) is 0 Å². The lowest BCUT2D eigenvalue weighted by Gasteiger charge is -2.32. The second-order valence-corrected chi connectivity index (χ2v) is 5.36. The topological polar surface area (TPSA) is 49.4 Å². The van der Waals surface area contributed by atoms with Gasteiger partial charge in [0.05, 0.1) is 5.92 Å². The second-order valence-electron chi connectivity index (χ2n) is 5.36. The third-order valence-corrected chi connectivity index (χ3v) is 3.76. The zero-order chi connectivity index (χ0) is 14.2. The van der Waals surface area contributed by atoms with Gasteiger partial charge in [-0.1, -0.05) is 0 Å². The van der Waals surface area contributed by atoms with Crippen molar-refractivity contribution in [3.63, 3.8) is 0 Å². The molecule has 2 amide bonds. The van der Waals surface area contributed by atoms with E-state index < -0.39 is 30.6 Å². The fraction of sp³-hybridized carbons (Fsp3) is 0.833. The summed E-state index contributed by atoms with van der Waals surface area (Å²) in [6.07, 6.45) is -2.69. The van der Waals surface area contributed by atoms with E-state index in [4.69, 9.17) is 0 Å². The summed E-state index contributed by atoms with van der Waals surface area (Å²) in [5.41, 5.74) is 0. The van der Waals surface area contributed by atoms with Gasteiger partial charge in [0.2, 0.25) is 11.8 Å². The largest absolute Gasteiger partial charge is 0.406 e. The summed E-state index contributed by atoms with van der Waals surface area (Å²) in [4.78, 5) is 24.2. The van der Waals surface area contributed by atoms with Gasteiger partial charge in [0.15, 0.2) is 0 Å². The van der Waals surface area contributed by atoms with Gasteiger partial charge >= 0.3 is 6.18 Å². The predicted molar refractivity (Wildman–Crippen MR) is 61.1 cm³/mol. The molecule has 2 rings (SSSR count). The molecule has 0 spiro atoms. The minimum Gasteiger partial charge on any atom is -0.355 e. The summed E-state index contributed by atoms with van der Waals surface area (Å²) in [7, 11) is 0. The highest BCUT2D eigenvalue weighted by atomic mass is 19.4. The van der Waals surface area contributed by atoms with Crippen LogP contribution >= 0.6 is 0 Å². The predicted octanol–water partition coefficient (Wildman–Crippen LogP) is 1.31. The maximum Gasteiger partial charge on any atom is 0.406 e. The van der Waals surface area contributed by atoms with Gasteiger partial charge in [-0.05, 0) is 25.7 Å². The number of nitrogens with zero attached hydrogens (tertiary/aromatic N) is 1. The van der Waals surface area contributed by atoms with Crippen molar-refractivity contribution < 1.29 is 22.8 Å². The Morgan fingerprint density at radius 2 is 2.11 bits per heavy atom. The van der Waals surface area contributed by atoms with Crippen LogP contribution in [0.3, 0.4) is 0 Å². The first-order valence-corrected chi connectivity index (χ1v) is 6.42. The van der Waals surface area contributed by atoms with Crippen LogP contribution in [0.5, 0.6) is 0 Å². The average Bonchev–Trinajstić information content (AvgIpc) is 3.06. The van der Waals surface area contributed by atoms with Gasteiger partial charge in [-0.25, -0.2) is 0 Å². The number of alkyl halides is 3. The normalized spacial score (nSPS) is 25.1. The highest BCUT2D eigenvalue weighted by Crippen LogP contribution is 2.37. The number of nitrogens with one attached hydrogen (secondary N) is 1. The van der Waals surface area contributed by atoms with Gasteiger partial charge in [-0.15, -0.1) is 0 Å². The number of hydrogen-bond acceptors (Lipinski definition) is 2. The number of halogens is 3. The monoisotopic (exact) mass is 278 g/mol. The minimum absolute atomic E-state index is 0.00935. The molecule has 4 nitrogen and oxygen atoms in total. The fourth-order valence-corrected chi connectivity index (χ4v) is 2.46. The zero-order valence-corrected chi connectivity index (χ0v) is 10.7. The van der Waals surface area contributed by atoms with Gasteiger partial charge in [0.25, 0.3) is 0 Å². The standard InChI is InChI=1S/C12H17F3N2O2/c1-7(8-2-3-8)17(6-12(13,14)15)11(19)9-4-10(18)16-5-9/h7-9H,2-6H2,1H3,(H,16,18). The second kappa shape index (κ2) is 5.02. The van der Waals surface area contributed by atoms with Gasteiger partial charge in [0.1, 0.15) is 6.54 Å². The fourth-order valence-electron chi connectivity index (χ4n) is 2.46. The molecule has 0 bridgehead atoms. The van der Waals surface area contributed by atoms with E-state index >= 15 is 0 Å². The first-order valence-electron chi connectivity index (χ1n) is 6.42. The summed E-state index contributed by atoms with van der Waals surface area (Å²) in [6.45, 7) is 0.573. The van der Waals surface area contributed by atoms with Crippen LogP contribution in [-0.4, -0.2) is 42.0 Å². The third kappa shape index (κ3) is 3.61. The molecule has 2 aliphatic rings. The molecule has 0 aromatic rings. The maximum atomic E-state index is 12.6. The van der Waals surface area contributed by atoms with Crippen molar-refractivity contribution in [2.75, 3.05) is 13.1 Å². The third-order valence-electron chi connectivity index (χ3n) is 3.76. The molecule has 2 fully saturated rings. The molecule has 0 aromatic heterocycles. The SMILES string of the molecule is CC(C1CC1)N(CC(F)(F)F)C(=O)C1CNC(=O)C1. The van der Waals surface area contributed by atoms with E-state index in [9.17, 15) is 22.8 Å². The van der Waals surface area contributed by atoms with Crippen LogP contribution < -0.4 is 5.32 Å².